The number of thiocarbonyl (C=S) groups is 1. The maximum atomic E-state index is 6.19. The van der Waals surface area contributed by atoms with E-state index in [2.05, 4.69) is 64.6 Å². The van der Waals surface area contributed by atoms with Crippen molar-refractivity contribution in [1.29, 1.82) is 0 Å². The van der Waals surface area contributed by atoms with Gasteiger partial charge in [0.05, 0.1) is 0 Å². The Morgan fingerprint density at radius 3 is 2.33 bits per heavy atom. The van der Waals surface area contributed by atoms with Gasteiger partial charge in [-0.25, -0.2) is 0 Å². The fourth-order valence-corrected chi connectivity index (χ4v) is 3.85. The van der Waals surface area contributed by atoms with Gasteiger partial charge in [-0.15, -0.1) is 0 Å². The molecule has 5 heteroatoms. The third-order valence-corrected chi connectivity index (χ3v) is 5.39. The maximum Gasteiger partial charge on any atom is 0.175 e. The molecule has 1 aromatic heterocycles. The van der Waals surface area contributed by atoms with Crippen LogP contribution in [0.25, 0.3) is 21.8 Å². The van der Waals surface area contributed by atoms with Gasteiger partial charge in [-0.3, -0.25) is 0 Å². The van der Waals surface area contributed by atoms with Crippen LogP contribution < -0.4 is 10.6 Å². The van der Waals surface area contributed by atoms with E-state index in [1.807, 2.05) is 25.1 Å². The molecule has 27 heavy (non-hydrogen) atoms. The number of hydrogen-bond donors (Lipinski definition) is 2. The Kier molecular flexibility index (Phi) is 4.77. The summed E-state index contributed by atoms with van der Waals surface area (Å²) in [5, 5.41) is 10.2. The van der Waals surface area contributed by atoms with E-state index in [0.29, 0.717) is 5.11 Å². The molecule has 1 heterocycles. The molecule has 0 spiro atoms. The molecule has 136 valence electrons. The van der Waals surface area contributed by atoms with Crippen molar-refractivity contribution in [2.75, 3.05) is 10.6 Å². The number of nitrogens with zero attached hydrogens (tertiary/aromatic N) is 1. The van der Waals surface area contributed by atoms with Gasteiger partial charge in [0, 0.05) is 44.7 Å². The van der Waals surface area contributed by atoms with Crippen LogP contribution in [0.5, 0.6) is 0 Å². The van der Waals surface area contributed by atoms with Gasteiger partial charge in [0.1, 0.15) is 0 Å². The second-order valence-corrected chi connectivity index (χ2v) is 7.35. The molecule has 0 fully saturated rings. The van der Waals surface area contributed by atoms with Gasteiger partial charge in [-0.05, 0) is 68.0 Å². The Hall–Kier alpha value is -2.56. The number of halogens is 1. The molecule has 0 radical (unpaired) electrons. The molecule has 4 rings (SSSR count). The Morgan fingerprint density at radius 1 is 0.926 bits per heavy atom. The molecule has 0 saturated carbocycles. The van der Waals surface area contributed by atoms with E-state index in [0.717, 1.165) is 28.5 Å². The third-order valence-electron chi connectivity index (χ3n) is 4.78. The SMILES string of the molecule is CCn1c2ccccc2c2cc(NC(=S)Nc3ccc(C)c(Cl)c3)ccc21. The van der Waals surface area contributed by atoms with E-state index < -0.39 is 0 Å². The van der Waals surface area contributed by atoms with Crippen LogP contribution in [0.15, 0.2) is 60.7 Å². The highest BCUT2D eigenvalue weighted by atomic mass is 35.5. The molecule has 4 aromatic rings. The smallest absolute Gasteiger partial charge is 0.175 e. The lowest BCUT2D eigenvalue weighted by atomic mass is 10.1. The highest BCUT2D eigenvalue weighted by Crippen LogP contribution is 2.31. The quantitative estimate of drug-likeness (QED) is 0.385. The maximum absolute atomic E-state index is 6.19. The van der Waals surface area contributed by atoms with Crippen LogP contribution in [0, 0.1) is 6.92 Å². The van der Waals surface area contributed by atoms with Crippen molar-refractivity contribution in [2.45, 2.75) is 20.4 Å². The Morgan fingerprint density at radius 2 is 1.59 bits per heavy atom. The van der Waals surface area contributed by atoms with E-state index in [-0.39, 0.29) is 0 Å². The summed E-state index contributed by atoms with van der Waals surface area (Å²) in [7, 11) is 0. The summed E-state index contributed by atoms with van der Waals surface area (Å²) in [4.78, 5) is 0. The van der Waals surface area contributed by atoms with E-state index in [1.165, 1.54) is 21.8 Å². The molecule has 0 atom stereocenters. The predicted molar refractivity (Wildman–Crippen MR) is 121 cm³/mol. The average Bonchev–Trinajstić information content (AvgIpc) is 2.98. The molecule has 0 bridgehead atoms. The molecular formula is C22H20ClN3S. The monoisotopic (exact) mass is 393 g/mol. The van der Waals surface area contributed by atoms with Crippen LogP contribution in [-0.2, 0) is 6.54 Å². The minimum atomic E-state index is 0.536. The summed E-state index contributed by atoms with van der Waals surface area (Å²) in [6.45, 7) is 5.08. The zero-order valence-corrected chi connectivity index (χ0v) is 16.8. The van der Waals surface area contributed by atoms with E-state index in [1.54, 1.807) is 0 Å². The van der Waals surface area contributed by atoms with Crippen molar-refractivity contribution in [3.8, 4) is 0 Å². The molecule has 3 nitrogen and oxygen atoms in total. The molecule has 0 amide bonds. The number of aryl methyl sites for hydroxylation is 2. The molecule has 0 aliphatic carbocycles. The topological polar surface area (TPSA) is 29.0 Å². The number of anilines is 2. The number of benzene rings is 3. The van der Waals surface area contributed by atoms with Crippen LogP contribution in [0.4, 0.5) is 11.4 Å². The molecule has 0 aliphatic heterocycles. The number of aromatic nitrogens is 1. The lowest BCUT2D eigenvalue weighted by molar-refractivity contribution is 0.827. The van der Waals surface area contributed by atoms with Crippen molar-refractivity contribution >= 4 is 62.1 Å². The lowest BCUT2D eigenvalue weighted by Crippen LogP contribution is -2.19. The summed E-state index contributed by atoms with van der Waals surface area (Å²) in [5.41, 5.74) is 5.35. The van der Waals surface area contributed by atoms with Gasteiger partial charge in [0.2, 0.25) is 0 Å². The third kappa shape index (κ3) is 3.38. The van der Waals surface area contributed by atoms with Crippen LogP contribution >= 0.6 is 23.8 Å². The number of hydrogen-bond acceptors (Lipinski definition) is 1. The lowest BCUT2D eigenvalue weighted by Gasteiger charge is -2.12. The summed E-state index contributed by atoms with van der Waals surface area (Å²) in [6.07, 6.45) is 0. The van der Waals surface area contributed by atoms with Gasteiger partial charge < -0.3 is 15.2 Å². The Balaban J connectivity index is 1.63. The first-order valence-electron chi connectivity index (χ1n) is 8.92. The zero-order valence-electron chi connectivity index (χ0n) is 15.2. The zero-order chi connectivity index (χ0) is 19.0. The minimum absolute atomic E-state index is 0.536. The van der Waals surface area contributed by atoms with Crippen LogP contribution in [0.1, 0.15) is 12.5 Å². The number of nitrogens with one attached hydrogen (secondary N) is 2. The highest BCUT2D eigenvalue weighted by Gasteiger charge is 2.10. The minimum Gasteiger partial charge on any atom is -0.341 e. The van der Waals surface area contributed by atoms with Gasteiger partial charge in [-0.1, -0.05) is 35.9 Å². The Bertz CT molecular complexity index is 1160. The predicted octanol–water partition coefficient (Wildman–Crippen LogP) is 6.59. The largest absolute Gasteiger partial charge is 0.341 e. The van der Waals surface area contributed by atoms with E-state index >= 15 is 0 Å². The van der Waals surface area contributed by atoms with Crippen LogP contribution in [-0.4, -0.2) is 9.68 Å². The van der Waals surface area contributed by atoms with Crippen LogP contribution in [0.3, 0.4) is 0 Å². The number of rotatable bonds is 3. The van der Waals surface area contributed by atoms with Crippen molar-refractivity contribution in [2.24, 2.45) is 0 Å². The number of para-hydroxylation sites is 1. The number of fused-ring (bicyclic) bond motifs is 3. The second-order valence-electron chi connectivity index (χ2n) is 6.54. The molecule has 0 aliphatic rings. The fraction of sp³-hybridized carbons (Fsp3) is 0.136. The van der Waals surface area contributed by atoms with Gasteiger partial charge in [-0.2, -0.15) is 0 Å². The summed E-state index contributed by atoms with van der Waals surface area (Å²) in [6, 6.07) is 20.7. The summed E-state index contributed by atoms with van der Waals surface area (Å²) in [5.74, 6) is 0. The molecular weight excluding hydrogens is 374 g/mol. The van der Waals surface area contributed by atoms with Crippen LogP contribution in [0.2, 0.25) is 5.02 Å². The van der Waals surface area contributed by atoms with Gasteiger partial charge >= 0.3 is 0 Å². The highest BCUT2D eigenvalue weighted by molar-refractivity contribution is 7.80. The summed E-state index contributed by atoms with van der Waals surface area (Å²) >= 11 is 11.7. The fourth-order valence-electron chi connectivity index (χ4n) is 3.44. The van der Waals surface area contributed by atoms with Crippen molar-refractivity contribution in [3.63, 3.8) is 0 Å². The molecule has 3 aromatic carbocycles. The first-order chi connectivity index (χ1) is 13.1. The Labute approximate surface area is 168 Å². The van der Waals surface area contributed by atoms with E-state index in [4.69, 9.17) is 23.8 Å². The van der Waals surface area contributed by atoms with E-state index in [9.17, 15) is 0 Å². The van der Waals surface area contributed by atoms with Gasteiger partial charge in [0.25, 0.3) is 0 Å². The van der Waals surface area contributed by atoms with Crippen molar-refractivity contribution in [3.05, 3.63) is 71.2 Å². The molecule has 0 unspecified atom stereocenters. The molecule has 2 N–H and O–H groups in total. The standard InChI is InChI=1S/C22H20ClN3S/c1-3-26-20-7-5-4-6-17(20)18-12-15(10-11-21(18)26)24-22(27)25-16-9-8-14(2)19(23)13-16/h4-13H,3H2,1-2H3,(H2,24,25,27). The second kappa shape index (κ2) is 7.22. The normalized spacial score (nSPS) is 11.1. The molecule has 0 saturated heterocycles. The van der Waals surface area contributed by atoms with Crippen molar-refractivity contribution in [1.82, 2.24) is 4.57 Å². The first kappa shape index (κ1) is 17.8. The first-order valence-corrected chi connectivity index (χ1v) is 9.70. The van der Waals surface area contributed by atoms with Gasteiger partial charge in [0.15, 0.2) is 5.11 Å². The average molecular weight is 394 g/mol. The van der Waals surface area contributed by atoms with Crippen molar-refractivity contribution < 1.29 is 0 Å². The summed E-state index contributed by atoms with van der Waals surface area (Å²) < 4.78 is 2.33.